The third kappa shape index (κ3) is 4.73. The second-order valence-electron chi connectivity index (χ2n) is 7.13. The van der Waals surface area contributed by atoms with Crippen LogP contribution in [0.15, 0.2) is 18.2 Å². The lowest BCUT2D eigenvalue weighted by Crippen LogP contribution is -2.41. The first kappa shape index (κ1) is 17.3. The molecule has 4 heteroatoms. The van der Waals surface area contributed by atoms with E-state index in [0.29, 0.717) is 19.1 Å². The van der Waals surface area contributed by atoms with E-state index in [2.05, 4.69) is 28.4 Å². The van der Waals surface area contributed by atoms with Crippen molar-refractivity contribution in [2.45, 2.75) is 52.0 Å². The van der Waals surface area contributed by atoms with Gasteiger partial charge in [0, 0.05) is 19.6 Å². The lowest BCUT2D eigenvalue weighted by Gasteiger charge is -2.29. The number of carbonyl (C=O) groups is 1. The number of nitrogens with one attached hydrogen (secondary N) is 1. The zero-order chi connectivity index (χ0) is 16.8. The number of nitrogens with zero attached hydrogens (tertiary/aromatic N) is 1. The summed E-state index contributed by atoms with van der Waals surface area (Å²) in [5.74, 6) is 1.79. The summed E-state index contributed by atoms with van der Waals surface area (Å²) in [7, 11) is 0. The van der Waals surface area contributed by atoms with Crippen LogP contribution >= 0.6 is 0 Å². The number of carbonyl (C=O) groups excluding carboxylic acids is 1. The van der Waals surface area contributed by atoms with Crippen LogP contribution in [0.2, 0.25) is 0 Å². The molecular formula is C20H30N2O2. The van der Waals surface area contributed by atoms with Crippen LogP contribution in [0.4, 0.5) is 0 Å². The van der Waals surface area contributed by atoms with E-state index >= 15 is 0 Å². The average molecular weight is 330 g/mol. The van der Waals surface area contributed by atoms with Crippen LogP contribution < -0.4 is 10.1 Å². The first-order chi connectivity index (χ1) is 11.7. The molecule has 2 aliphatic rings. The standard InChI is InChI=1S/C20H30N2O2/c1-2-24-19-9-8-17-10-11-22(14-18(17)12-19)15-20(23)21-13-16-6-4-3-5-7-16/h8-9,12,16H,2-7,10-11,13-15H2,1H3,(H,21,23). The largest absolute Gasteiger partial charge is 0.494 e. The molecule has 1 amide bonds. The molecule has 0 aromatic heterocycles. The monoisotopic (exact) mass is 330 g/mol. The van der Waals surface area contributed by atoms with E-state index in [4.69, 9.17) is 4.74 Å². The predicted octanol–water partition coefficient (Wildman–Crippen LogP) is 3.14. The van der Waals surface area contributed by atoms with Gasteiger partial charge in [-0.2, -0.15) is 0 Å². The number of amides is 1. The predicted molar refractivity (Wildman–Crippen MR) is 96.2 cm³/mol. The molecule has 1 aromatic rings. The maximum absolute atomic E-state index is 12.3. The van der Waals surface area contributed by atoms with Crippen LogP contribution in [0, 0.1) is 5.92 Å². The molecule has 1 saturated carbocycles. The van der Waals surface area contributed by atoms with Gasteiger partial charge in [-0.15, -0.1) is 0 Å². The minimum Gasteiger partial charge on any atom is -0.494 e. The number of rotatable bonds is 6. The van der Waals surface area contributed by atoms with E-state index in [1.165, 1.54) is 43.2 Å². The molecular weight excluding hydrogens is 300 g/mol. The van der Waals surface area contributed by atoms with Crippen molar-refractivity contribution in [3.8, 4) is 5.75 Å². The highest BCUT2D eigenvalue weighted by molar-refractivity contribution is 5.78. The first-order valence-corrected chi connectivity index (χ1v) is 9.48. The van der Waals surface area contributed by atoms with Gasteiger partial charge in [-0.1, -0.05) is 25.3 Å². The maximum Gasteiger partial charge on any atom is 0.234 e. The lowest BCUT2D eigenvalue weighted by atomic mass is 9.89. The van der Waals surface area contributed by atoms with E-state index < -0.39 is 0 Å². The van der Waals surface area contributed by atoms with Crippen molar-refractivity contribution in [1.29, 1.82) is 0 Å². The molecule has 1 heterocycles. The molecule has 1 fully saturated rings. The highest BCUT2D eigenvalue weighted by Crippen LogP contribution is 2.24. The van der Waals surface area contributed by atoms with E-state index in [-0.39, 0.29) is 5.91 Å². The molecule has 4 nitrogen and oxygen atoms in total. The van der Waals surface area contributed by atoms with Gasteiger partial charge in [-0.05, 0) is 55.4 Å². The SMILES string of the molecule is CCOc1ccc2c(c1)CN(CC(=O)NCC1CCCCC1)CC2. The summed E-state index contributed by atoms with van der Waals surface area (Å²) in [5, 5.41) is 3.15. The van der Waals surface area contributed by atoms with E-state index in [1.54, 1.807) is 0 Å². The van der Waals surface area contributed by atoms with E-state index in [1.807, 2.05) is 6.92 Å². The Morgan fingerprint density at radius 3 is 2.88 bits per heavy atom. The summed E-state index contributed by atoms with van der Waals surface area (Å²) in [6.07, 6.45) is 7.57. The molecule has 0 saturated heterocycles. The summed E-state index contributed by atoms with van der Waals surface area (Å²) in [6.45, 7) is 5.85. The summed E-state index contributed by atoms with van der Waals surface area (Å²) < 4.78 is 5.60. The molecule has 1 N–H and O–H groups in total. The third-order valence-electron chi connectivity index (χ3n) is 5.26. The molecule has 0 bridgehead atoms. The van der Waals surface area contributed by atoms with Crippen molar-refractivity contribution in [3.63, 3.8) is 0 Å². The molecule has 1 aliphatic carbocycles. The molecule has 1 aromatic carbocycles. The topological polar surface area (TPSA) is 41.6 Å². The Kier molecular flexibility index (Phi) is 6.13. The quantitative estimate of drug-likeness (QED) is 0.871. The van der Waals surface area contributed by atoms with Crippen LogP contribution in [0.1, 0.15) is 50.2 Å². The Labute approximate surface area is 145 Å². The molecule has 24 heavy (non-hydrogen) atoms. The van der Waals surface area contributed by atoms with Crippen molar-refractivity contribution >= 4 is 5.91 Å². The molecule has 132 valence electrons. The Balaban J connectivity index is 1.47. The Morgan fingerprint density at radius 2 is 2.08 bits per heavy atom. The highest BCUT2D eigenvalue weighted by Gasteiger charge is 2.20. The number of ether oxygens (including phenoxy) is 1. The second kappa shape index (κ2) is 8.52. The average Bonchev–Trinajstić information content (AvgIpc) is 2.61. The zero-order valence-corrected chi connectivity index (χ0v) is 14.9. The Morgan fingerprint density at radius 1 is 1.25 bits per heavy atom. The van der Waals surface area contributed by atoms with Crippen molar-refractivity contribution < 1.29 is 9.53 Å². The molecule has 0 unspecified atom stereocenters. The minimum absolute atomic E-state index is 0.171. The fraction of sp³-hybridized carbons (Fsp3) is 0.650. The number of benzene rings is 1. The molecule has 3 rings (SSSR count). The fourth-order valence-corrected chi connectivity index (χ4v) is 3.89. The van der Waals surface area contributed by atoms with Crippen molar-refractivity contribution in [3.05, 3.63) is 29.3 Å². The van der Waals surface area contributed by atoms with Gasteiger partial charge in [0.2, 0.25) is 5.91 Å². The maximum atomic E-state index is 12.3. The normalized spacial score (nSPS) is 18.9. The molecule has 1 aliphatic heterocycles. The van der Waals surface area contributed by atoms with Crippen LogP contribution in [-0.4, -0.2) is 37.0 Å². The van der Waals surface area contributed by atoms with Crippen LogP contribution in [0.5, 0.6) is 5.75 Å². The van der Waals surface area contributed by atoms with E-state index in [9.17, 15) is 4.79 Å². The van der Waals surface area contributed by atoms with Crippen molar-refractivity contribution in [1.82, 2.24) is 10.2 Å². The summed E-state index contributed by atoms with van der Waals surface area (Å²) in [5.41, 5.74) is 2.68. The van der Waals surface area contributed by atoms with Crippen LogP contribution in [0.3, 0.4) is 0 Å². The Bertz CT molecular complexity index is 553. The number of hydrogen-bond acceptors (Lipinski definition) is 3. The minimum atomic E-state index is 0.171. The Hall–Kier alpha value is -1.55. The molecule has 0 radical (unpaired) electrons. The van der Waals surface area contributed by atoms with Gasteiger partial charge in [0.15, 0.2) is 0 Å². The van der Waals surface area contributed by atoms with Gasteiger partial charge >= 0.3 is 0 Å². The number of fused-ring (bicyclic) bond motifs is 1. The summed E-state index contributed by atoms with van der Waals surface area (Å²) >= 11 is 0. The smallest absolute Gasteiger partial charge is 0.234 e. The van der Waals surface area contributed by atoms with Gasteiger partial charge in [0.05, 0.1) is 13.2 Å². The van der Waals surface area contributed by atoms with Crippen LogP contribution in [0.25, 0.3) is 0 Å². The van der Waals surface area contributed by atoms with Crippen molar-refractivity contribution in [2.24, 2.45) is 5.92 Å². The fourth-order valence-electron chi connectivity index (χ4n) is 3.89. The zero-order valence-electron chi connectivity index (χ0n) is 14.9. The lowest BCUT2D eigenvalue weighted by molar-refractivity contribution is -0.122. The molecule has 0 atom stereocenters. The highest BCUT2D eigenvalue weighted by atomic mass is 16.5. The van der Waals surface area contributed by atoms with Gasteiger partial charge in [-0.25, -0.2) is 0 Å². The number of hydrogen-bond donors (Lipinski definition) is 1. The van der Waals surface area contributed by atoms with Gasteiger partial charge in [0.1, 0.15) is 5.75 Å². The van der Waals surface area contributed by atoms with E-state index in [0.717, 1.165) is 31.8 Å². The van der Waals surface area contributed by atoms with Gasteiger partial charge < -0.3 is 10.1 Å². The first-order valence-electron chi connectivity index (χ1n) is 9.48. The summed E-state index contributed by atoms with van der Waals surface area (Å²) in [4.78, 5) is 14.5. The third-order valence-corrected chi connectivity index (χ3v) is 5.26. The van der Waals surface area contributed by atoms with Gasteiger partial charge in [0.25, 0.3) is 0 Å². The van der Waals surface area contributed by atoms with Crippen LogP contribution in [-0.2, 0) is 17.8 Å². The molecule has 0 spiro atoms. The summed E-state index contributed by atoms with van der Waals surface area (Å²) in [6, 6.07) is 6.35. The van der Waals surface area contributed by atoms with Crippen molar-refractivity contribution in [2.75, 3.05) is 26.2 Å². The van der Waals surface area contributed by atoms with Gasteiger partial charge in [-0.3, -0.25) is 9.69 Å². The second-order valence-corrected chi connectivity index (χ2v) is 7.13.